The fourth-order valence-electron chi connectivity index (χ4n) is 2.32. The number of benzene rings is 1. The Morgan fingerprint density at radius 3 is 2.71 bits per heavy atom. The Labute approximate surface area is 135 Å². The average molecular weight is 348 g/mol. The highest BCUT2D eigenvalue weighted by Gasteiger charge is 2.11. The molecule has 21 heavy (non-hydrogen) atoms. The monoisotopic (exact) mass is 347 g/mol. The van der Waals surface area contributed by atoms with Gasteiger partial charge in [0.05, 0.1) is 12.2 Å². The van der Waals surface area contributed by atoms with Gasteiger partial charge in [0.15, 0.2) is 0 Å². The van der Waals surface area contributed by atoms with Crippen molar-refractivity contribution in [1.82, 2.24) is 10.3 Å². The number of rotatable bonds is 7. The first-order valence-electron chi connectivity index (χ1n) is 7.38. The fourth-order valence-corrected chi connectivity index (χ4v) is 2.73. The van der Waals surface area contributed by atoms with E-state index in [9.17, 15) is 0 Å². The van der Waals surface area contributed by atoms with Crippen molar-refractivity contribution in [3.63, 3.8) is 0 Å². The normalized spacial score (nSPS) is 10.6. The fraction of sp³-hybridized carbons (Fsp3) is 0.353. The first-order chi connectivity index (χ1) is 10.2. The van der Waals surface area contributed by atoms with Crippen molar-refractivity contribution in [2.45, 2.75) is 26.9 Å². The van der Waals surface area contributed by atoms with Crippen LogP contribution >= 0.6 is 15.9 Å². The maximum absolute atomic E-state index is 4.43. The average Bonchev–Trinajstić information content (AvgIpc) is 2.52. The topological polar surface area (TPSA) is 28.2 Å². The lowest BCUT2D eigenvalue weighted by Crippen LogP contribution is -2.25. The summed E-state index contributed by atoms with van der Waals surface area (Å²) in [6.07, 6.45) is 1.85. The Balaban J connectivity index is 2.24. The van der Waals surface area contributed by atoms with Crippen molar-refractivity contribution in [3.8, 4) is 0 Å². The number of pyridine rings is 1. The summed E-state index contributed by atoms with van der Waals surface area (Å²) in [7, 11) is 0. The van der Waals surface area contributed by atoms with Crippen LogP contribution in [-0.2, 0) is 13.1 Å². The zero-order chi connectivity index (χ0) is 15.1. The van der Waals surface area contributed by atoms with Gasteiger partial charge in [-0.2, -0.15) is 0 Å². The van der Waals surface area contributed by atoms with Gasteiger partial charge in [-0.3, -0.25) is 4.98 Å². The molecule has 1 aromatic carbocycles. The summed E-state index contributed by atoms with van der Waals surface area (Å²) in [6, 6.07) is 12.5. The van der Waals surface area contributed by atoms with E-state index in [4.69, 9.17) is 0 Å². The molecule has 1 aromatic heterocycles. The molecule has 112 valence electrons. The summed E-state index contributed by atoms with van der Waals surface area (Å²) in [5.41, 5.74) is 3.67. The van der Waals surface area contributed by atoms with Crippen LogP contribution in [0.15, 0.2) is 47.1 Å². The molecule has 3 nitrogen and oxygen atoms in total. The van der Waals surface area contributed by atoms with Gasteiger partial charge in [0, 0.05) is 29.4 Å². The summed E-state index contributed by atoms with van der Waals surface area (Å²) < 4.78 is 1.12. The van der Waals surface area contributed by atoms with Gasteiger partial charge in [-0.15, -0.1) is 0 Å². The lowest BCUT2D eigenvalue weighted by molar-refractivity contribution is 0.717. The van der Waals surface area contributed by atoms with E-state index in [-0.39, 0.29) is 0 Å². The molecule has 0 fully saturated rings. The molecule has 2 rings (SSSR count). The molecule has 0 aliphatic rings. The van der Waals surface area contributed by atoms with Crippen molar-refractivity contribution in [2.75, 3.05) is 18.0 Å². The maximum atomic E-state index is 4.43. The molecule has 0 saturated heterocycles. The second-order valence-corrected chi connectivity index (χ2v) is 5.80. The Morgan fingerprint density at radius 2 is 2.05 bits per heavy atom. The van der Waals surface area contributed by atoms with Crippen molar-refractivity contribution in [2.24, 2.45) is 0 Å². The lowest BCUT2D eigenvalue weighted by Gasteiger charge is -2.26. The minimum atomic E-state index is 0.831. The molecule has 0 amide bonds. The predicted octanol–water partition coefficient (Wildman–Crippen LogP) is 3.98. The third kappa shape index (κ3) is 4.55. The number of nitrogens with zero attached hydrogens (tertiary/aromatic N) is 2. The van der Waals surface area contributed by atoms with Gasteiger partial charge in [0.25, 0.3) is 0 Å². The van der Waals surface area contributed by atoms with Gasteiger partial charge < -0.3 is 10.2 Å². The SMILES string of the molecule is CCNCc1cc(Br)ccc1N(CC)Cc1ccccn1. The molecule has 1 heterocycles. The van der Waals surface area contributed by atoms with Gasteiger partial charge in [-0.25, -0.2) is 0 Å². The third-order valence-electron chi connectivity index (χ3n) is 3.41. The van der Waals surface area contributed by atoms with Crippen molar-refractivity contribution in [3.05, 3.63) is 58.3 Å². The molecule has 0 saturated carbocycles. The van der Waals surface area contributed by atoms with Gasteiger partial charge in [-0.05, 0) is 49.4 Å². The van der Waals surface area contributed by atoms with Crippen LogP contribution < -0.4 is 10.2 Å². The number of anilines is 1. The van der Waals surface area contributed by atoms with Crippen LogP contribution in [0.1, 0.15) is 25.1 Å². The van der Waals surface area contributed by atoms with Crippen LogP contribution in [0.2, 0.25) is 0 Å². The zero-order valence-electron chi connectivity index (χ0n) is 12.6. The van der Waals surface area contributed by atoms with Crippen LogP contribution in [0.5, 0.6) is 0 Å². The molecule has 0 aliphatic heterocycles. The van der Waals surface area contributed by atoms with E-state index in [1.165, 1.54) is 11.3 Å². The van der Waals surface area contributed by atoms with Crippen LogP contribution in [0.3, 0.4) is 0 Å². The molecule has 2 aromatic rings. The molecule has 0 bridgehead atoms. The van der Waals surface area contributed by atoms with Crippen LogP contribution in [0.25, 0.3) is 0 Å². The van der Waals surface area contributed by atoms with E-state index in [0.717, 1.165) is 36.3 Å². The van der Waals surface area contributed by atoms with Gasteiger partial charge in [-0.1, -0.05) is 28.9 Å². The van der Waals surface area contributed by atoms with Crippen LogP contribution in [0.4, 0.5) is 5.69 Å². The standard InChI is InChI=1S/C17H22BrN3/c1-3-19-12-14-11-15(18)8-9-17(14)21(4-2)13-16-7-5-6-10-20-16/h5-11,19H,3-4,12-13H2,1-2H3. The largest absolute Gasteiger partial charge is 0.366 e. The minimum Gasteiger partial charge on any atom is -0.366 e. The van der Waals surface area contributed by atoms with E-state index in [1.807, 2.05) is 18.3 Å². The maximum Gasteiger partial charge on any atom is 0.0602 e. The van der Waals surface area contributed by atoms with E-state index >= 15 is 0 Å². The molecule has 0 radical (unpaired) electrons. The minimum absolute atomic E-state index is 0.831. The summed E-state index contributed by atoms with van der Waals surface area (Å²) in [5.74, 6) is 0. The number of hydrogen-bond donors (Lipinski definition) is 1. The summed E-state index contributed by atoms with van der Waals surface area (Å²) in [5, 5.41) is 3.41. The third-order valence-corrected chi connectivity index (χ3v) is 3.90. The molecule has 0 atom stereocenters. The van der Waals surface area contributed by atoms with E-state index < -0.39 is 0 Å². The Bertz CT molecular complexity index is 557. The molecular weight excluding hydrogens is 326 g/mol. The van der Waals surface area contributed by atoms with E-state index in [1.54, 1.807) is 0 Å². The first kappa shape index (κ1) is 16.0. The van der Waals surface area contributed by atoms with E-state index in [0.29, 0.717) is 0 Å². The van der Waals surface area contributed by atoms with Gasteiger partial charge in [0.2, 0.25) is 0 Å². The quantitative estimate of drug-likeness (QED) is 0.820. The highest BCUT2D eigenvalue weighted by atomic mass is 79.9. The van der Waals surface area contributed by atoms with Gasteiger partial charge in [0.1, 0.15) is 0 Å². The number of halogens is 1. The van der Waals surface area contributed by atoms with Crippen molar-refractivity contribution in [1.29, 1.82) is 0 Å². The smallest absolute Gasteiger partial charge is 0.0602 e. The van der Waals surface area contributed by atoms with Crippen LogP contribution in [-0.4, -0.2) is 18.1 Å². The number of nitrogens with one attached hydrogen (secondary N) is 1. The van der Waals surface area contributed by atoms with Crippen molar-refractivity contribution < 1.29 is 0 Å². The second-order valence-electron chi connectivity index (χ2n) is 4.89. The summed E-state index contributed by atoms with van der Waals surface area (Å²) in [4.78, 5) is 6.80. The Hall–Kier alpha value is -1.39. The Morgan fingerprint density at radius 1 is 1.19 bits per heavy atom. The zero-order valence-corrected chi connectivity index (χ0v) is 14.2. The van der Waals surface area contributed by atoms with Crippen molar-refractivity contribution >= 4 is 21.6 Å². The predicted molar refractivity (Wildman–Crippen MR) is 92.5 cm³/mol. The molecule has 0 aliphatic carbocycles. The van der Waals surface area contributed by atoms with Crippen LogP contribution in [0, 0.1) is 0 Å². The summed E-state index contributed by atoms with van der Waals surface area (Å²) in [6.45, 7) is 7.95. The second kappa shape index (κ2) is 8.15. The highest BCUT2D eigenvalue weighted by Crippen LogP contribution is 2.25. The molecule has 0 spiro atoms. The Kier molecular flexibility index (Phi) is 6.21. The highest BCUT2D eigenvalue weighted by molar-refractivity contribution is 9.10. The molecule has 0 unspecified atom stereocenters. The lowest BCUT2D eigenvalue weighted by atomic mass is 10.1. The molecule has 4 heteroatoms. The van der Waals surface area contributed by atoms with E-state index in [2.05, 4.69) is 69.2 Å². The van der Waals surface area contributed by atoms with Gasteiger partial charge >= 0.3 is 0 Å². The molecule has 1 N–H and O–H groups in total. The number of hydrogen-bond acceptors (Lipinski definition) is 3. The first-order valence-corrected chi connectivity index (χ1v) is 8.17. The molecular formula is C17H22BrN3. The number of aromatic nitrogens is 1. The summed E-state index contributed by atoms with van der Waals surface area (Å²) >= 11 is 3.57.